The fourth-order valence-corrected chi connectivity index (χ4v) is 6.88. The van der Waals surface area contributed by atoms with E-state index in [1.54, 1.807) is 0 Å². The SMILES string of the molecule is CCCCCCCCCCCCCCCC(=O)OCCSC[C@H](N)C(=O)NCCCn1c(CCCC)nc2c(N)nc3ccccc3c21. The molecule has 0 fully saturated rings. The van der Waals surface area contributed by atoms with Gasteiger partial charge in [0.1, 0.15) is 17.9 Å². The van der Waals surface area contributed by atoms with Gasteiger partial charge in [-0.05, 0) is 25.3 Å². The van der Waals surface area contributed by atoms with E-state index in [1.807, 2.05) is 18.2 Å². The number of aryl methyl sites for hydroxylation is 2. The summed E-state index contributed by atoms with van der Waals surface area (Å²) >= 11 is 1.54. The molecule has 48 heavy (non-hydrogen) atoms. The van der Waals surface area contributed by atoms with Crippen LogP contribution in [-0.2, 0) is 27.3 Å². The summed E-state index contributed by atoms with van der Waals surface area (Å²) < 4.78 is 7.63. The first kappa shape index (κ1) is 39.6. The third-order valence-corrected chi connectivity index (χ3v) is 9.96. The Bertz CT molecular complexity index is 1360. The Kier molecular flexibility index (Phi) is 19.4. The summed E-state index contributed by atoms with van der Waals surface area (Å²) in [7, 11) is 0. The topological polar surface area (TPSA) is 138 Å². The molecule has 0 aliphatic rings. The Labute approximate surface area is 293 Å². The lowest BCUT2D eigenvalue weighted by molar-refractivity contribution is -0.143. The summed E-state index contributed by atoms with van der Waals surface area (Å²) in [4.78, 5) is 34.2. The highest BCUT2D eigenvalue weighted by Gasteiger charge is 2.18. The highest BCUT2D eigenvalue weighted by molar-refractivity contribution is 7.99. The molecule has 0 aliphatic heterocycles. The van der Waals surface area contributed by atoms with Crippen LogP contribution in [0.1, 0.15) is 129 Å². The number of hydrogen-bond donors (Lipinski definition) is 3. The minimum atomic E-state index is -0.611. The molecule has 3 rings (SSSR count). The standard InChI is InChI=1S/C38H62N6O3S/c1-3-5-7-8-9-10-11-12-13-14-15-16-17-24-34(45)47-27-28-48-29-31(39)38(46)41-25-20-26-44-33(23-6-4-2)43-35-36(44)30-21-18-19-22-32(30)42-37(35)40/h18-19,21-22,31H,3-17,20,23-29,39H2,1-2H3,(H2,40,42)(H,41,46)/t31-/m0/s1. The predicted molar refractivity (Wildman–Crippen MR) is 202 cm³/mol. The van der Waals surface area contributed by atoms with Crippen LogP contribution in [0.2, 0.25) is 0 Å². The lowest BCUT2D eigenvalue weighted by atomic mass is 10.0. The molecule has 1 amide bonds. The maximum atomic E-state index is 12.6. The van der Waals surface area contributed by atoms with Crippen LogP contribution in [-0.4, -0.2) is 57.1 Å². The predicted octanol–water partition coefficient (Wildman–Crippen LogP) is 8.10. The van der Waals surface area contributed by atoms with E-state index >= 15 is 0 Å². The highest BCUT2D eigenvalue weighted by Crippen LogP contribution is 2.29. The minimum Gasteiger partial charge on any atom is -0.465 e. The number of carbonyl (C=O) groups excluding carboxylic acids is 2. The van der Waals surface area contributed by atoms with Crippen molar-refractivity contribution in [1.29, 1.82) is 0 Å². The number of benzene rings is 1. The number of aromatic nitrogens is 3. The first-order valence-corrected chi connectivity index (χ1v) is 19.9. The van der Waals surface area contributed by atoms with Gasteiger partial charge in [0.05, 0.1) is 17.1 Å². The number of ether oxygens (including phenoxy) is 1. The number of amides is 1. The lowest BCUT2D eigenvalue weighted by Gasteiger charge is -2.14. The van der Waals surface area contributed by atoms with Crippen molar-refractivity contribution in [1.82, 2.24) is 19.9 Å². The second-order valence-corrected chi connectivity index (χ2v) is 14.2. The fraction of sp³-hybridized carbons (Fsp3) is 0.684. The van der Waals surface area contributed by atoms with Gasteiger partial charge in [-0.3, -0.25) is 9.59 Å². The molecule has 0 spiro atoms. The molecule has 1 atom stereocenters. The zero-order valence-corrected chi connectivity index (χ0v) is 30.6. The van der Waals surface area contributed by atoms with Crippen LogP contribution in [0.5, 0.6) is 0 Å². The zero-order chi connectivity index (χ0) is 34.4. The molecule has 9 nitrogen and oxygen atoms in total. The van der Waals surface area contributed by atoms with E-state index in [0.29, 0.717) is 43.4 Å². The molecule has 0 unspecified atom stereocenters. The first-order chi connectivity index (χ1) is 23.5. The third-order valence-electron chi connectivity index (χ3n) is 8.91. The van der Waals surface area contributed by atoms with Gasteiger partial charge in [-0.2, -0.15) is 11.8 Å². The number of thioether (sulfide) groups is 1. The first-order valence-electron chi connectivity index (χ1n) is 18.8. The van der Waals surface area contributed by atoms with Crippen molar-refractivity contribution in [3.8, 4) is 0 Å². The molecular weight excluding hydrogens is 621 g/mol. The van der Waals surface area contributed by atoms with E-state index in [1.165, 1.54) is 82.4 Å². The van der Waals surface area contributed by atoms with Gasteiger partial charge in [0.25, 0.3) is 0 Å². The second-order valence-electron chi connectivity index (χ2n) is 13.0. The summed E-state index contributed by atoms with van der Waals surface area (Å²) in [6.45, 7) is 6.01. The number of anilines is 1. The van der Waals surface area contributed by atoms with E-state index in [9.17, 15) is 9.59 Å². The Morgan fingerprint density at radius 1 is 0.875 bits per heavy atom. The quantitative estimate of drug-likeness (QED) is 0.0542. The number of imidazole rings is 1. The van der Waals surface area contributed by atoms with E-state index in [2.05, 4.69) is 34.8 Å². The molecule has 2 heterocycles. The normalized spacial score (nSPS) is 12.1. The number of rotatable bonds is 27. The van der Waals surface area contributed by atoms with Gasteiger partial charge in [0.15, 0.2) is 5.82 Å². The van der Waals surface area contributed by atoms with E-state index in [0.717, 1.165) is 66.3 Å². The Hall–Kier alpha value is -2.85. The number of esters is 1. The van der Waals surface area contributed by atoms with Crippen molar-refractivity contribution < 1.29 is 14.3 Å². The van der Waals surface area contributed by atoms with E-state index in [4.69, 9.17) is 21.2 Å². The fourth-order valence-electron chi connectivity index (χ4n) is 6.11. The molecule has 1 aromatic carbocycles. The number of para-hydroxylation sites is 1. The van der Waals surface area contributed by atoms with Crippen LogP contribution < -0.4 is 16.8 Å². The Balaban J connectivity index is 1.24. The summed E-state index contributed by atoms with van der Waals surface area (Å²) in [5.41, 5.74) is 15.1. The maximum absolute atomic E-state index is 12.6. The van der Waals surface area contributed by atoms with Crippen LogP contribution in [0, 0.1) is 0 Å². The number of unbranched alkanes of at least 4 members (excludes halogenated alkanes) is 13. The molecule has 10 heteroatoms. The number of nitrogens with two attached hydrogens (primary N) is 2. The molecule has 0 radical (unpaired) electrons. The molecule has 5 N–H and O–H groups in total. The van der Waals surface area contributed by atoms with Crippen LogP contribution in [0.15, 0.2) is 24.3 Å². The molecule has 2 aromatic heterocycles. The number of carbonyl (C=O) groups is 2. The van der Waals surface area contributed by atoms with Gasteiger partial charge in [0.2, 0.25) is 5.91 Å². The third kappa shape index (κ3) is 13.9. The monoisotopic (exact) mass is 682 g/mol. The Morgan fingerprint density at radius 2 is 1.52 bits per heavy atom. The summed E-state index contributed by atoms with van der Waals surface area (Å²) in [5, 5.41) is 4.02. The van der Waals surface area contributed by atoms with E-state index in [-0.39, 0.29) is 11.9 Å². The number of hydrogen-bond acceptors (Lipinski definition) is 8. The van der Waals surface area contributed by atoms with E-state index < -0.39 is 6.04 Å². The maximum Gasteiger partial charge on any atom is 0.305 e. The average molecular weight is 683 g/mol. The van der Waals surface area contributed by atoms with Crippen LogP contribution in [0.4, 0.5) is 5.82 Å². The average Bonchev–Trinajstić information content (AvgIpc) is 3.46. The minimum absolute atomic E-state index is 0.129. The molecule has 0 saturated heterocycles. The molecular formula is C38H62N6O3S. The molecule has 0 aliphatic carbocycles. The van der Waals surface area contributed by atoms with Gasteiger partial charge >= 0.3 is 5.97 Å². The zero-order valence-electron chi connectivity index (χ0n) is 29.8. The van der Waals surface area contributed by atoms with Gasteiger partial charge in [-0.15, -0.1) is 0 Å². The van der Waals surface area contributed by atoms with Crippen LogP contribution >= 0.6 is 11.8 Å². The summed E-state index contributed by atoms with van der Waals surface area (Å²) in [6.07, 6.45) is 20.9. The lowest BCUT2D eigenvalue weighted by Crippen LogP contribution is -2.42. The smallest absolute Gasteiger partial charge is 0.305 e. The number of fused-ring (bicyclic) bond motifs is 3. The number of nitrogen functional groups attached to an aromatic ring is 1. The molecule has 0 bridgehead atoms. The molecule has 268 valence electrons. The van der Waals surface area contributed by atoms with Gasteiger partial charge in [0, 0.05) is 42.8 Å². The van der Waals surface area contributed by atoms with Crippen molar-refractivity contribution >= 4 is 51.4 Å². The molecule has 3 aromatic rings. The number of nitrogens with zero attached hydrogens (tertiary/aromatic N) is 3. The van der Waals surface area contributed by atoms with Crippen LogP contribution in [0.25, 0.3) is 21.9 Å². The van der Waals surface area contributed by atoms with Crippen molar-refractivity contribution in [3.63, 3.8) is 0 Å². The van der Waals surface area contributed by atoms with Gasteiger partial charge in [-0.1, -0.05) is 116 Å². The second kappa shape index (κ2) is 23.5. The van der Waals surface area contributed by atoms with Crippen LogP contribution in [0.3, 0.4) is 0 Å². The summed E-state index contributed by atoms with van der Waals surface area (Å²) in [6, 6.07) is 7.39. The van der Waals surface area contributed by atoms with Gasteiger partial charge in [-0.25, -0.2) is 9.97 Å². The number of pyridine rings is 1. The van der Waals surface area contributed by atoms with Crippen molar-refractivity contribution in [3.05, 3.63) is 30.1 Å². The van der Waals surface area contributed by atoms with Gasteiger partial charge < -0.3 is 26.1 Å². The van der Waals surface area contributed by atoms with Crippen molar-refractivity contribution in [2.75, 3.05) is 30.4 Å². The summed E-state index contributed by atoms with van der Waals surface area (Å²) in [5.74, 6) is 2.26. The largest absolute Gasteiger partial charge is 0.465 e. The Morgan fingerprint density at radius 3 is 2.21 bits per heavy atom. The molecule has 0 saturated carbocycles. The number of nitrogens with one attached hydrogen (secondary N) is 1. The highest BCUT2D eigenvalue weighted by atomic mass is 32.2. The van der Waals surface area contributed by atoms with Crippen molar-refractivity contribution in [2.24, 2.45) is 5.73 Å². The van der Waals surface area contributed by atoms with Crippen molar-refractivity contribution in [2.45, 2.75) is 142 Å².